The summed E-state index contributed by atoms with van der Waals surface area (Å²) in [6.07, 6.45) is 1.80. The lowest BCUT2D eigenvalue weighted by Gasteiger charge is -2.44. The van der Waals surface area contributed by atoms with E-state index >= 15 is 0 Å². The van der Waals surface area contributed by atoms with Crippen molar-refractivity contribution in [1.82, 2.24) is 9.88 Å². The second-order valence-electron chi connectivity index (χ2n) is 4.11. The fourth-order valence-electron chi connectivity index (χ4n) is 1.76. The first-order valence-corrected chi connectivity index (χ1v) is 5.40. The van der Waals surface area contributed by atoms with Crippen LogP contribution < -0.4 is 0 Å². The van der Waals surface area contributed by atoms with Crippen LogP contribution in [0.3, 0.4) is 0 Å². The third-order valence-corrected chi connectivity index (χ3v) is 2.77. The van der Waals surface area contributed by atoms with E-state index in [0.717, 1.165) is 29.8 Å². The summed E-state index contributed by atoms with van der Waals surface area (Å²) in [7, 11) is 0. The highest BCUT2D eigenvalue weighted by molar-refractivity contribution is 9.10. The van der Waals surface area contributed by atoms with Gasteiger partial charge in [-0.3, -0.25) is 9.88 Å². The number of aliphatic hydroxyl groups is 1. The van der Waals surface area contributed by atoms with Gasteiger partial charge in [-0.05, 0) is 35.0 Å². The zero-order chi connectivity index (χ0) is 10.2. The molecule has 4 heteroatoms. The molecule has 0 radical (unpaired) electrons. The number of rotatable bonds is 2. The maximum Gasteiger partial charge on any atom is 0.0872 e. The van der Waals surface area contributed by atoms with Gasteiger partial charge in [-0.2, -0.15) is 0 Å². The number of likely N-dealkylation sites (tertiary alicyclic amines) is 1. The van der Waals surface area contributed by atoms with Gasteiger partial charge in [-0.25, -0.2) is 0 Å². The summed E-state index contributed by atoms with van der Waals surface area (Å²) >= 11 is 3.34. The van der Waals surface area contributed by atoms with E-state index in [0.29, 0.717) is 0 Å². The molecule has 14 heavy (non-hydrogen) atoms. The Bertz CT molecular complexity index is 315. The number of aromatic nitrogens is 1. The summed E-state index contributed by atoms with van der Waals surface area (Å²) in [5.74, 6) is 0. The van der Waals surface area contributed by atoms with E-state index in [2.05, 4.69) is 25.8 Å². The first kappa shape index (κ1) is 10.1. The number of pyridine rings is 1. The van der Waals surface area contributed by atoms with Crippen LogP contribution in [-0.2, 0) is 6.54 Å². The Morgan fingerprint density at radius 1 is 1.57 bits per heavy atom. The summed E-state index contributed by atoms with van der Waals surface area (Å²) in [5, 5.41) is 9.54. The van der Waals surface area contributed by atoms with Gasteiger partial charge in [0.2, 0.25) is 0 Å². The third kappa shape index (κ3) is 2.32. The van der Waals surface area contributed by atoms with Gasteiger partial charge in [0.15, 0.2) is 0 Å². The van der Waals surface area contributed by atoms with E-state index in [-0.39, 0.29) is 0 Å². The Balaban J connectivity index is 1.90. The molecule has 0 saturated carbocycles. The largest absolute Gasteiger partial charge is 0.388 e. The van der Waals surface area contributed by atoms with Crippen LogP contribution in [0.15, 0.2) is 22.8 Å². The average molecular weight is 257 g/mol. The van der Waals surface area contributed by atoms with Crippen LogP contribution in [0.1, 0.15) is 12.6 Å². The van der Waals surface area contributed by atoms with Gasteiger partial charge < -0.3 is 5.11 Å². The maximum atomic E-state index is 9.54. The molecule has 2 heterocycles. The Labute approximate surface area is 91.9 Å². The standard InChI is InChI=1S/C10H13BrN2O/c1-10(14)6-13(7-10)5-9-3-2-8(11)4-12-9/h2-4,14H,5-7H2,1H3. The van der Waals surface area contributed by atoms with Gasteiger partial charge in [-0.15, -0.1) is 0 Å². The van der Waals surface area contributed by atoms with E-state index in [9.17, 15) is 5.11 Å². The molecular weight excluding hydrogens is 244 g/mol. The zero-order valence-corrected chi connectivity index (χ0v) is 9.66. The molecule has 0 unspecified atom stereocenters. The normalized spacial score (nSPS) is 20.5. The van der Waals surface area contributed by atoms with E-state index in [1.165, 1.54) is 0 Å². The third-order valence-electron chi connectivity index (χ3n) is 2.30. The lowest BCUT2D eigenvalue weighted by atomic mass is 9.97. The highest BCUT2D eigenvalue weighted by Gasteiger charge is 2.36. The second-order valence-corrected chi connectivity index (χ2v) is 5.03. The van der Waals surface area contributed by atoms with Crippen LogP contribution in [0.2, 0.25) is 0 Å². The van der Waals surface area contributed by atoms with Crippen molar-refractivity contribution in [1.29, 1.82) is 0 Å². The highest BCUT2D eigenvalue weighted by atomic mass is 79.9. The minimum Gasteiger partial charge on any atom is -0.388 e. The topological polar surface area (TPSA) is 36.4 Å². The predicted octanol–water partition coefficient (Wildman–Crippen LogP) is 1.41. The minimum atomic E-state index is -0.491. The summed E-state index contributed by atoms with van der Waals surface area (Å²) in [6, 6.07) is 3.98. The van der Waals surface area contributed by atoms with Crippen LogP contribution in [0.25, 0.3) is 0 Å². The molecule has 1 aliphatic heterocycles. The fraction of sp³-hybridized carbons (Fsp3) is 0.500. The Morgan fingerprint density at radius 2 is 2.29 bits per heavy atom. The van der Waals surface area contributed by atoms with Gasteiger partial charge in [0.05, 0.1) is 11.3 Å². The first-order valence-electron chi connectivity index (χ1n) is 4.60. The number of hydrogen-bond donors (Lipinski definition) is 1. The maximum absolute atomic E-state index is 9.54. The summed E-state index contributed by atoms with van der Waals surface area (Å²) in [5.41, 5.74) is 0.554. The number of β-amino-alcohol motifs (C(OH)–C–C–N with tert-alkyl or cyclic N) is 1. The monoisotopic (exact) mass is 256 g/mol. The predicted molar refractivity (Wildman–Crippen MR) is 57.8 cm³/mol. The molecule has 1 N–H and O–H groups in total. The lowest BCUT2D eigenvalue weighted by molar-refractivity contribution is -0.0875. The highest BCUT2D eigenvalue weighted by Crippen LogP contribution is 2.21. The summed E-state index contributed by atoms with van der Waals surface area (Å²) in [6.45, 7) is 4.16. The van der Waals surface area contributed by atoms with E-state index in [1.807, 2.05) is 19.1 Å². The van der Waals surface area contributed by atoms with Crippen LogP contribution in [-0.4, -0.2) is 33.7 Å². The molecule has 0 atom stereocenters. The fourth-order valence-corrected chi connectivity index (χ4v) is 1.99. The van der Waals surface area contributed by atoms with Crippen LogP contribution in [0.5, 0.6) is 0 Å². The summed E-state index contributed by atoms with van der Waals surface area (Å²) < 4.78 is 0.997. The number of hydrogen-bond acceptors (Lipinski definition) is 3. The van der Waals surface area contributed by atoms with Crippen LogP contribution in [0.4, 0.5) is 0 Å². The smallest absolute Gasteiger partial charge is 0.0872 e. The van der Waals surface area contributed by atoms with Crippen LogP contribution in [0, 0.1) is 0 Å². The molecule has 0 amide bonds. The van der Waals surface area contributed by atoms with Gasteiger partial charge in [0, 0.05) is 30.3 Å². The molecule has 1 fully saturated rings. The lowest BCUT2D eigenvalue weighted by Crippen LogP contribution is -2.59. The van der Waals surface area contributed by atoms with Crippen molar-refractivity contribution in [3.05, 3.63) is 28.5 Å². The molecule has 1 aromatic heterocycles. The molecule has 0 spiro atoms. The van der Waals surface area contributed by atoms with Gasteiger partial charge in [0.25, 0.3) is 0 Å². The van der Waals surface area contributed by atoms with Gasteiger partial charge in [-0.1, -0.05) is 0 Å². The van der Waals surface area contributed by atoms with E-state index in [4.69, 9.17) is 0 Å². The molecule has 1 saturated heterocycles. The molecule has 0 aromatic carbocycles. The average Bonchev–Trinajstić information content (AvgIpc) is 2.06. The first-order chi connectivity index (χ1) is 6.55. The van der Waals surface area contributed by atoms with Crippen molar-refractivity contribution >= 4 is 15.9 Å². The molecule has 1 aromatic rings. The van der Waals surface area contributed by atoms with Crippen LogP contribution >= 0.6 is 15.9 Å². The van der Waals surface area contributed by atoms with Crippen molar-refractivity contribution in [2.45, 2.75) is 19.1 Å². The van der Waals surface area contributed by atoms with E-state index in [1.54, 1.807) is 6.20 Å². The summed E-state index contributed by atoms with van der Waals surface area (Å²) in [4.78, 5) is 6.45. The zero-order valence-electron chi connectivity index (χ0n) is 8.07. The van der Waals surface area contributed by atoms with Crippen molar-refractivity contribution in [2.75, 3.05) is 13.1 Å². The van der Waals surface area contributed by atoms with Crippen molar-refractivity contribution in [3.8, 4) is 0 Å². The molecule has 76 valence electrons. The number of halogens is 1. The molecule has 1 aliphatic rings. The molecule has 0 aliphatic carbocycles. The minimum absolute atomic E-state index is 0.491. The van der Waals surface area contributed by atoms with Crippen molar-refractivity contribution in [3.63, 3.8) is 0 Å². The Hall–Kier alpha value is -0.450. The van der Waals surface area contributed by atoms with Gasteiger partial charge >= 0.3 is 0 Å². The quantitative estimate of drug-likeness (QED) is 0.870. The van der Waals surface area contributed by atoms with Gasteiger partial charge in [0.1, 0.15) is 0 Å². The molecular formula is C10H13BrN2O. The SMILES string of the molecule is CC1(O)CN(Cc2ccc(Br)cn2)C1. The number of nitrogens with zero attached hydrogens (tertiary/aromatic N) is 2. The Kier molecular flexibility index (Phi) is 2.60. The van der Waals surface area contributed by atoms with Crippen molar-refractivity contribution in [2.24, 2.45) is 0 Å². The van der Waals surface area contributed by atoms with E-state index < -0.39 is 5.60 Å². The molecule has 2 rings (SSSR count). The Morgan fingerprint density at radius 3 is 2.79 bits per heavy atom. The molecule has 0 bridgehead atoms. The molecule has 3 nitrogen and oxygen atoms in total. The second kappa shape index (κ2) is 3.61. The van der Waals surface area contributed by atoms with Crippen molar-refractivity contribution < 1.29 is 5.11 Å².